The SMILES string of the molecule is CCCCCC(CCC(C)C)C1C=C1CC. The summed E-state index contributed by atoms with van der Waals surface area (Å²) in [6, 6.07) is 0. The predicted molar refractivity (Wildman–Crippen MR) is 73.6 cm³/mol. The molecule has 16 heavy (non-hydrogen) atoms. The molecule has 0 aromatic carbocycles. The van der Waals surface area contributed by atoms with Crippen molar-refractivity contribution in [1.82, 2.24) is 0 Å². The van der Waals surface area contributed by atoms with Crippen molar-refractivity contribution in [2.75, 3.05) is 0 Å². The molecule has 2 atom stereocenters. The molecule has 94 valence electrons. The van der Waals surface area contributed by atoms with Gasteiger partial charge in [-0.3, -0.25) is 0 Å². The lowest BCUT2D eigenvalue weighted by atomic mass is 9.87. The lowest BCUT2D eigenvalue weighted by Gasteiger charge is -2.18. The molecular weight excluding hydrogens is 192 g/mol. The second-order valence-corrected chi connectivity index (χ2v) is 5.85. The first kappa shape index (κ1) is 13.8. The first-order valence-corrected chi connectivity index (χ1v) is 7.39. The maximum atomic E-state index is 2.52. The number of hydrogen-bond acceptors (Lipinski definition) is 0. The van der Waals surface area contributed by atoms with E-state index in [0.717, 1.165) is 17.8 Å². The van der Waals surface area contributed by atoms with Crippen LogP contribution < -0.4 is 0 Å². The Morgan fingerprint density at radius 1 is 1.06 bits per heavy atom. The summed E-state index contributed by atoms with van der Waals surface area (Å²) in [5, 5.41) is 0. The summed E-state index contributed by atoms with van der Waals surface area (Å²) in [6.45, 7) is 9.31. The van der Waals surface area contributed by atoms with Gasteiger partial charge in [-0.2, -0.15) is 0 Å². The minimum atomic E-state index is 0.873. The third-order valence-corrected chi connectivity index (χ3v) is 3.92. The summed E-state index contributed by atoms with van der Waals surface area (Å²) >= 11 is 0. The fraction of sp³-hybridized carbons (Fsp3) is 0.875. The highest BCUT2D eigenvalue weighted by Gasteiger charge is 2.30. The van der Waals surface area contributed by atoms with Gasteiger partial charge in [-0.15, -0.1) is 0 Å². The maximum absolute atomic E-state index is 2.52. The molecule has 1 rings (SSSR count). The smallest absolute Gasteiger partial charge is 0.000802 e. The van der Waals surface area contributed by atoms with Gasteiger partial charge >= 0.3 is 0 Å². The normalized spacial score (nSPS) is 21.1. The molecule has 0 bridgehead atoms. The Kier molecular flexibility index (Phi) is 6.16. The van der Waals surface area contributed by atoms with E-state index in [4.69, 9.17) is 0 Å². The zero-order valence-electron chi connectivity index (χ0n) is 11.8. The largest absolute Gasteiger partial charge is 0.0773 e. The van der Waals surface area contributed by atoms with Crippen LogP contribution in [-0.4, -0.2) is 0 Å². The molecule has 0 aromatic rings. The van der Waals surface area contributed by atoms with Crippen molar-refractivity contribution in [2.45, 2.75) is 72.6 Å². The Labute approximate surface area is 103 Å². The minimum absolute atomic E-state index is 0.873. The highest BCUT2D eigenvalue weighted by molar-refractivity contribution is 5.29. The maximum Gasteiger partial charge on any atom is 0.000802 e. The zero-order chi connectivity index (χ0) is 12.0. The van der Waals surface area contributed by atoms with Gasteiger partial charge in [0.25, 0.3) is 0 Å². The van der Waals surface area contributed by atoms with Crippen LogP contribution in [0.4, 0.5) is 0 Å². The predicted octanol–water partition coefficient (Wildman–Crippen LogP) is 5.59. The molecule has 0 nitrogen and oxygen atoms in total. The first-order chi connectivity index (χ1) is 7.69. The molecule has 0 heteroatoms. The second-order valence-electron chi connectivity index (χ2n) is 5.85. The van der Waals surface area contributed by atoms with E-state index in [1.807, 2.05) is 0 Å². The van der Waals surface area contributed by atoms with E-state index in [9.17, 15) is 0 Å². The van der Waals surface area contributed by atoms with Gasteiger partial charge in [0.1, 0.15) is 0 Å². The Bertz CT molecular complexity index is 212. The Hall–Kier alpha value is -0.260. The molecule has 0 aromatic heterocycles. The van der Waals surface area contributed by atoms with Gasteiger partial charge in [-0.1, -0.05) is 65.0 Å². The fourth-order valence-corrected chi connectivity index (χ4v) is 2.68. The third-order valence-electron chi connectivity index (χ3n) is 3.92. The molecule has 0 aliphatic heterocycles. The van der Waals surface area contributed by atoms with Crippen LogP contribution >= 0.6 is 0 Å². The van der Waals surface area contributed by atoms with Crippen LogP contribution in [0.1, 0.15) is 72.6 Å². The molecule has 0 radical (unpaired) electrons. The van der Waals surface area contributed by atoms with Crippen molar-refractivity contribution < 1.29 is 0 Å². The van der Waals surface area contributed by atoms with Crippen LogP contribution in [-0.2, 0) is 0 Å². The number of allylic oxidation sites excluding steroid dienone is 2. The molecule has 0 N–H and O–H groups in total. The van der Waals surface area contributed by atoms with Gasteiger partial charge in [-0.25, -0.2) is 0 Å². The summed E-state index contributed by atoms with van der Waals surface area (Å²) in [4.78, 5) is 0. The topological polar surface area (TPSA) is 0 Å². The van der Waals surface area contributed by atoms with Gasteiger partial charge in [0.05, 0.1) is 0 Å². The van der Waals surface area contributed by atoms with Crippen LogP contribution in [0, 0.1) is 17.8 Å². The molecule has 0 fully saturated rings. The third kappa shape index (κ3) is 4.72. The van der Waals surface area contributed by atoms with Crippen molar-refractivity contribution in [3.63, 3.8) is 0 Å². The highest BCUT2D eigenvalue weighted by Crippen LogP contribution is 2.42. The average molecular weight is 222 g/mol. The summed E-state index contributed by atoms with van der Waals surface area (Å²) in [6.07, 6.45) is 12.4. The van der Waals surface area contributed by atoms with E-state index in [0.29, 0.717) is 0 Å². The van der Waals surface area contributed by atoms with Gasteiger partial charge in [0.2, 0.25) is 0 Å². The van der Waals surface area contributed by atoms with Crippen LogP contribution in [0.3, 0.4) is 0 Å². The molecular formula is C16H30. The van der Waals surface area contributed by atoms with Gasteiger partial charge < -0.3 is 0 Å². The summed E-state index contributed by atoms with van der Waals surface area (Å²) < 4.78 is 0. The molecule has 1 aliphatic carbocycles. The molecule has 1 aliphatic rings. The molecule has 0 amide bonds. The van der Waals surface area contributed by atoms with Gasteiger partial charge in [-0.05, 0) is 31.1 Å². The van der Waals surface area contributed by atoms with E-state index in [1.165, 1.54) is 44.9 Å². The average Bonchev–Trinajstić information content (AvgIpc) is 3.02. The van der Waals surface area contributed by atoms with Crippen molar-refractivity contribution in [1.29, 1.82) is 0 Å². The first-order valence-electron chi connectivity index (χ1n) is 7.39. The second kappa shape index (κ2) is 7.14. The molecule has 0 heterocycles. The van der Waals surface area contributed by atoms with Crippen LogP contribution in [0.2, 0.25) is 0 Å². The number of unbranched alkanes of at least 4 members (excludes halogenated alkanes) is 2. The molecule has 0 saturated heterocycles. The van der Waals surface area contributed by atoms with Crippen LogP contribution in [0.15, 0.2) is 11.6 Å². The van der Waals surface area contributed by atoms with Crippen LogP contribution in [0.5, 0.6) is 0 Å². The van der Waals surface area contributed by atoms with E-state index in [-0.39, 0.29) is 0 Å². The number of rotatable bonds is 9. The Balaban J connectivity index is 2.25. The van der Waals surface area contributed by atoms with E-state index in [1.54, 1.807) is 5.57 Å². The van der Waals surface area contributed by atoms with Crippen molar-refractivity contribution in [3.05, 3.63) is 11.6 Å². The molecule has 0 saturated carbocycles. The van der Waals surface area contributed by atoms with E-state index < -0.39 is 0 Å². The minimum Gasteiger partial charge on any atom is -0.0773 e. The summed E-state index contributed by atoms with van der Waals surface area (Å²) in [5.41, 5.74) is 1.74. The quantitative estimate of drug-likeness (QED) is 0.352. The monoisotopic (exact) mass is 222 g/mol. The molecule has 2 unspecified atom stereocenters. The van der Waals surface area contributed by atoms with E-state index in [2.05, 4.69) is 33.8 Å². The fourth-order valence-electron chi connectivity index (χ4n) is 2.68. The van der Waals surface area contributed by atoms with Crippen molar-refractivity contribution >= 4 is 0 Å². The van der Waals surface area contributed by atoms with Gasteiger partial charge in [0.15, 0.2) is 0 Å². The molecule has 0 spiro atoms. The van der Waals surface area contributed by atoms with E-state index >= 15 is 0 Å². The van der Waals surface area contributed by atoms with Crippen molar-refractivity contribution in [3.8, 4) is 0 Å². The lowest BCUT2D eigenvalue weighted by molar-refractivity contribution is 0.359. The Morgan fingerprint density at radius 2 is 1.81 bits per heavy atom. The van der Waals surface area contributed by atoms with Gasteiger partial charge in [0, 0.05) is 5.92 Å². The Morgan fingerprint density at radius 3 is 2.31 bits per heavy atom. The van der Waals surface area contributed by atoms with Crippen molar-refractivity contribution in [2.24, 2.45) is 17.8 Å². The van der Waals surface area contributed by atoms with Crippen LogP contribution in [0.25, 0.3) is 0 Å². The zero-order valence-corrected chi connectivity index (χ0v) is 11.8. The standard InChI is InChI=1S/C16H30/c1-5-7-8-9-15(11-10-13(3)4)16-12-14(16)6-2/h12-13,15-16H,5-11H2,1-4H3. The lowest BCUT2D eigenvalue weighted by Crippen LogP contribution is -2.07. The highest BCUT2D eigenvalue weighted by atomic mass is 14.4. The summed E-state index contributed by atoms with van der Waals surface area (Å²) in [7, 11) is 0. The number of hydrogen-bond donors (Lipinski definition) is 0. The summed E-state index contributed by atoms with van der Waals surface area (Å²) in [5.74, 6) is 2.75.